The maximum absolute atomic E-state index is 9.00. The average Bonchev–Trinajstić information content (AvgIpc) is 0.811. The molecule has 0 saturated heterocycles. The first kappa shape index (κ1) is 25.1. The van der Waals surface area contributed by atoms with Crippen molar-refractivity contribution in [3.8, 4) is 0 Å². The number of hydrogen-bond acceptors (Lipinski definition) is 1. The summed E-state index contributed by atoms with van der Waals surface area (Å²) in [6.07, 6.45) is 0. The van der Waals surface area contributed by atoms with E-state index in [9.17, 15) is 0 Å². The molecule has 0 aliphatic heterocycles. The van der Waals surface area contributed by atoms with E-state index in [4.69, 9.17) is 9.90 Å². The molecular weight excluding hydrogens is 229 g/mol. The predicted octanol–water partition coefficient (Wildman–Crippen LogP) is -1.56. The summed E-state index contributed by atoms with van der Waals surface area (Å²) in [5.74, 6) is -0.833. The van der Waals surface area contributed by atoms with E-state index in [1.54, 1.807) is 0 Å². The Bertz CT molecular complexity index is 32.7. The van der Waals surface area contributed by atoms with E-state index in [1.807, 2.05) is 0 Å². The average molecular weight is 237 g/mol. The Hall–Kier alpha value is 0.754. The summed E-state index contributed by atoms with van der Waals surface area (Å²) < 4.78 is 0. The first-order chi connectivity index (χ1) is 1.73. The molecule has 0 aromatic carbocycles. The minimum atomic E-state index is -0.833. The number of aliphatic carboxylic acids is 1. The van der Waals surface area contributed by atoms with Crippen LogP contribution in [-0.4, -0.2) is 22.0 Å². The Morgan fingerprint density at radius 3 is 1.43 bits per heavy atom. The molecule has 43 valence electrons. The van der Waals surface area contributed by atoms with Crippen LogP contribution in [0.25, 0.3) is 0 Å². The van der Waals surface area contributed by atoms with Gasteiger partial charge in [0.15, 0.2) is 0 Å². The molecule has 0 bridgehead atoms. The van der Waals surface area contributed by atoms with Crippen LogP contribution >= 0.6 is 0 Å². The van der Waals surface area contributed by atoms with Gasteiger partial charge in [0.05, 0.1) is 0 Å². The molecular formula is C2H8O4Pr. The van der Waals surface area contributed by atoms with Crippen LogP contribution in [0, 0.1) is 41.3 Å². The number of carbonyl (C=O) groups is 1. The summed E-state index contributed by atoms with van der Waals surface area (Å²) in [5.41, 5.74) is 0. The molecule has 7 heavy (non-hydrogen) atoms. The standard InChI is InChI=1S/C2H4O2.2H2O.Pr/c1-2(3)4;;;/h1H3,(H,3,4);2*1H2;. The molecule has 0 aliphatic carbocycles. The maximum atomic E-state index is 9.00. The quantitative estimate of drug-likeness (QED) is 0.550. The Balaban J connectivity index is -0.0000000150. The van der Waals surface area contributed by atoms with Gasteiger partial charge in [0.2, 0.25) is 0 Å². The summed E-state index contributed by atoms with van der Waals surface area (Å²) in [7, 11) is 0. The van der Waals surface area contributed by atoms with Crippen LogP contribution in [0.5, 0.6) is 0 Å². The van der Waals surface area contributed by atoms with E-state index in [2.05, 4.69) is 0 Å². The van der Waals surface area contributed by atoms with Gasteiger partial charge in [0, 0.05) is 48.2 Å². The third kappa shape index (κ3) is 269. The van der Waals surface area contributed by atoms with Crippen molar-refractivity contribution < 1.29 is 62.1 Å². The molecule has 4 nitrogen and oxygen atoms in total. The molecule has 0 aromatic heterocycles. The second-order valence-corrected chi connectivity index (χ2v) is 0.519. The van der Waals surface area contributed by atoms with Crippen LogP contribution in [0.2, 0.25) is 0 Å². The van der Waals surface area contributed by atoms with Gasteiger partial charge in [0.25, 0.3) is 5.97 Å². The molecule has 0 unspecified atom stereocenters. The van der Waals surface area contributed by atoms with Gasteiger partial charge in [-0.15, -0.1) is 0 Å². The van der Waals surface area contributed by atoms with Crippen molar-refractivity contribution in [3.05, 3.63) is 0 Å². The van der Waals surface area contributed by atoms with Crippen LogP contribution in [0.4, 0.5) is 0 Å². The van der Waals surface area contributed by atoms with Gasteiger partial charge in [-0.2, -0.15) is 0 Å². The van der Waals surface area contributed by atoms with Crippen LogP contribution in [-0.2, 0) is 4.79 Å². The maximum Gasteiger partial charge on any atom is 0.300 e. The Labute approximate surface area is 74.5 Å². The van der Waals surface area contributed by atoms with Gasteiger partial charge in [-0.1, -0.05) is 0 Å². The summed E-state index contributed by atoms with van der Waals surface area (Å²) >= 11 is 0. The summed E-state index contributed by atoms with van der Waals surface area (Å²) in [6, 6.07) is 0. The minimum Gasteiger partial charge on any atom is -0.481 e. The molecule has 5 N–H and O–H groups in total. The SMILES string of the molecule is CC(=O)O.O.O.[Pr]. The van der Waals surface area contributed by atoms with Crippen LogP contribution in [0.15, 0.2) is 0 Å². The molecule has 0 atom stereocenters. The van der Waals surface area contributed by atoms with Gasteiger partial charge in [-0.05, 0) is 0 Å². The molecule has 0 saturated carbocycles. The fourth-order valence-corrected chi connectivity index (χ4v) is 0. The summed E-state index contributed by atoms with van der Waals surface area (Å²) in [5, 5.41) is 7.42. The van der Waals surface area contributed by atoms with Crippen molar-refractivity contribution in [2.24, 2.45) is 0 Å². The molecule has 0 heterocycles. The van der Waals surface area contributed by atoms with Crippen molar-refractivity contribution in [1.29, 1.82) is 0 Å². The predicted molar refractivity (Wildman–Crippen MR) is 20.5 cm³/mol. The zero-order chi connectivity index (χ0) is 3.58. The van der Waals surface area contributed by atoms with E-state index in [-0.39, 0.29) is 52.2 Å². The third-order valence-corrected chi connectivity index (χ3v) is 0. The number of carboxylic acids is 1. The molecule has 0 amide bonds. The summed E-state index contributed by atoms with van der Waals surface area (Å²) in [4.78, 5) is 9.00. The van der Waals surface area contributed by atoms with Crippen molar-refractivity contribution in [3.63, 3.8) is 0 Å². The van der Waals surface area contributed by atoms with Gasteiger partial charge < -0.3 is 16.1 Å². The van der Waals surface area contributed by atoms with Crippen LogP contribution in [0.3, 0.4) is 0 Å². The Morgan fingerprint density at radius 1 is 1.43 bits per heavy atom. The van der Waals surface area contributed by atoms with Gasteiger partial charge in [-0.3, -0.25) is 4.79 Å². The molecule has 1 radical (unpaired) electrons. The summed E-state index contributed by atoms with van der Waals surface area (Å²) in [6.45, 7) is 1.08. The first-order valence-corrected chi connectivity index (χ1v) is 0.928. The van der Waals surface area contributed by atoms with Crippen molar-refractivity contribution in [2.45, 2.75) is 6.92 Å². The fraction of sp³-hybridized carbons (Fsp3) is 0.500. The topological polar surface area (TPSA) is 100 Å². The van der Waals surface area contributed by atoms with Gasteiger partial charge >= 0.3 is 0 Å². The second-order valence-electron chi connectivity index (χ2n) is 0.519. The third-order valence-electron chi connectivity index (χ3n) is 0. The number of rotatable bonds is 0. The van der Waals surface area contributed by atoms with E-state index in [0.29, 0.717) is 0 Å². The minimum absolute atomic E-state index is 0. The Kier molecular flexibility index (Phi) is 56.9. The Morgan fingerprint density at radius 2 is 1.43 bits per heavy atom. The normalized spacial score (nSPS) is 3.57. The fourth-order valence-electron chi connectivity index (χ4n) is 0. The molecule has 0 aliphatic rings. The smallest absolute Gasteiger partial charge is 0.300 e. The molecule has 0 aromatic rings. The van der Waals surface area contributed by atoms with Crippen LogP contribution in [0.1, 0.15) is 6.92 Å². The molecule has 0 fully saturated rings. The first-order valence-electron chi connectivity index (χ1n) is 0.928. The zero-order valence-electron chi connectivity index (χ0n) is 3.93. The molecule has 5 heteroatoms. The van der Waals surface area contributed by atoms with Crippen molar-refractivity contribution in [2.75, 3.05) is 0 Å². The van der Waals surface area contributed by atoms with E-state index in [0.717, 1.165) is 6.92 Å². The largest absolute Gasteiger partial charge is 0.481 e. The van der Waals surface area contributed by atoms with Crippen molar-refractivity contribution in [1.82, 2.24) is 0 Å². The second kappa shape index (κ2) is 15.9. The van der Waals surface area contributed by atoms with E-state index < -0.39 is 5.97 Å². The van der Waals surface area contributed by atoms with Gasteiger partial charge in [0.1, 0.15) is 0 Å². The molecule has 0 spiro atoms. The van der Waals surface area contributed by atoms with Crippen molar-refractivity contribution >= 4 is 5.97 Å². The molecule has 0 rings (SSSR count). The monoisotopic (exact) mass is 237 g/mol. The van der Waals surface area contributed by atoms with Crippen LogP contribution < -0.4 is 0 Å². The number of hydrogen-bond donors (Lipinski definition) is 1. The number of carboxylic acid groups (broad SMARTS) is 1. The van der Waals surface area contributed by atoms with Gasteiger partial charge in [-0.25, -0.2) is 0 Å². The zero-order valence-corrected chi connectivity index (χ0v) is 7.64. The van der Waals surface area contributed by atoms with E-state index in [1.165, 1.54) is 0 Å². The van der Waals surface area contributed by atoms with E-state index >= 15 is 0 Å².